The van der Waals surface area contributed by atoms with Crippen molar-refractivity contribution in [1.29, 1.82) is 0 Å². The van der Waals surface area contributed by atoms with Crippen molar-refractivity contribution in [2.45, 2.75) is 6.92 Å². The minimum atomic E-state index is 0.425. The van der Waals surface area contributed by atoms with E-state index < -0.39 is 0 Å². The Balaban J connectivity index is 2.53. The summed E-state index contributed by atoms with van der Waals surface area (Å²) < 4.78 is 1.18. The highest BCUT2D eigenvalue weighted by atomic mass is 32.2. The van der Waals surface area contributed by atoms with Gasteiger partial charge in [0.25, 0.3) is 4.19 Å². The van der Waals surface area contributed by atoms with Crippen LogP contribution in [0.5, 0.6) is 5.06 Å². The van der Waals surface area contributed by atoms with E-state index in [2.05, 4.69) is 0 Å². The molecule has 1 aromatic heterocycles. The summed E-state index contributed by atoms with van der Waals surface area (Å²) in [7, 11) is 0. The summed E-state index contributed by atoms with van der Waals surface area (Å²) in [6.07, 6.45) is 0. The van der Waals surface area contributed by atoms with Crippen molar-refractivity contribution in [3.8, 4) is 15.5 Å². The van der Waals surface area contributed by atoms with Gasteiger partial charge >= 0.3 is 5.06 Å². The van der Waals surface area contributed by atoms with E-state index in [9.17, 15) is 5.11 Å². The van der Waals surface area contributed by atoms with Crippen molar-refractivity contribution in [3.05, 3.63) is 34.5 Å². The van der Waals surface area contributed by atoms with Gasteiger partial charge in [0, 0.05) is 12.5 Å². The van der Waals surface area contributed by atoms with Crippen molar-refractivity contribution in [2.75, 3.05) is 0 Å². The Morgan fingerprint density at radius 1 is 1.23 bits per heavy atom. The first-order chi connectivity index (χ1) is 6.27. The van der Waals surface area contributed by atoms with Crippen molar-refractivity contribution in [3.63, 3.8) is 0 Å². The predicted molar refractivity (Wildman–Crippen MR) is 58.4 cm³/mol. The maximum Gasteiger partial charge on any atom is 0.319 e. The molecule has 0 aliphatic rings. The van der Waals surface area contributed by atoms with Gasteiger partial charge in [0.15, 0.2) is 0 Å². The Morgan fingerprint density at radius 2 is 1.92 bits per heavy atom. The maximum atomic E-state index is 9.61. The van der Waals surface area contributed by atoms with Crippen LogP contribution in [0.1, 0.15) is 4.19 Å². The van der Waals surface area contributed by atoms with Crippen LogP contribution in [0.25, 0.3) is 10.4 Å². The minimum Gasteiger partial charge on any atom is -0.481 e. The van der Waals surface area contributed by atoms with Crippen molar-refractivity contribution in [1.82, 2.24) is 0 Å². The van der Waals surface area contributed by atoms with E-state index in [1.54, 1.807) is 11.3 Å². The van der Waals surface area contributed by atoms with E-state index in [1.807, 2.05) is 37.3 Å². The van der Waals surface area contributed by atoms with Crippen molar-refractivity contribution in [2.24, 2.45) is 0 Å². The Hall–Kier alpha value is -0.930. The Labute approximate surface area is 84.9 Å². The second kappa shape index (κ2) is 3.44. The number of rotatable bonds is 1. The topological polar surface area (TPSA) is 20.2 Å². The van der Waals surface area contributed by atoms with E-state index in [0.717, 1.165) is 10.4 Å². The lowest BCUT2D eigenvalue weighted by Crippen LogP contribution is -1.69. The fourth-order valence-electron chi connectivity index (χ4n) is 1.16. The second-order valence-corrected chi connectivity index (χ2v) is 5.38. The van der Waals surface area contributed by atoms with E-state index in [4.69, 9.17) is 0 Å². The SMILES string of the molecule is Cc1sc(-c2ccccc2)c(O)[s+]1. The molecule has 0 saturated carbocycles. The summed E-state index contributed by atoms with van der Waals surface area (Å²) in [5.41, 5.74) is 1.09. The standard InChI is InChI=1S/C10H8OS2/c1-7-12-9(10(11)13-7)8-5-3-2-4-6-8/h2-6H,1H3/p+1. The first-order valence-electron chi connectivity index (χ1n) is 3.95. The van der Waals surface area contributed by atoms with Crippen LogP contribution in [-0.4, -0.2) is 5.11 Å². The molecule has 0 saturated heterocycles. The highest BCUT2D eigenvalue weighted by Gasteiger charge is 2.20. The van der Waals surface area contributed by atoms with Gasteiger partial charge in [0.2, 0.25) is 4.88 Å². The molecule has 0 spiro atoms. The fourth-order valence-corrected chi connectivity index (χ4v) is 3.18. The minimum absolute atomic E-state index is 0.425. The number of aromatic hydroxyl groups is 1. The molecule has 0 amide bonds. The zero-order valence-electron chi connectivity index (χ0n) is 7.15. The third-order valence-electron chi connectivity index (χ3n) is 1.72. The Bertz CT molecular complexity index is 406. The van der Waals surface area contributed by atoms with Gasteiger partial charge in [-0.25, -0.2) is 0 Å². The van der Waals surface area contributed by atoms with Crippen LogP contribution < -0.4 is 0 Å². The zero-order chi connectivity index (χ0) is 9.26. The molecular weight excluding hydrogens is 200 g/mol. The van der Waals surface area contributed by atoms with Crippen molar-refractivity contribution < 1.29 is 5.11 Å². The highest BCUT2D eigenvalue weighted by Crippen LogP contribution is 2.41. The average molecular weight is 209 g/mol. The first-order valence-corrected chi connectivity index (χ1v) is 5.58. The van der Waals surface area contributed by atoms with E-state index in [0.29, 0.717) is 5.06 Å². The highest BCUT2D eigenvalue weighted by molar-refractivity contribution is 7.34. The maximum absolute atomic E-state index is 9.61. The predicted octanol–water partition coefficient (Wildman–Crippen LogP) is 3.77. The molecule has 3 heteroatoms. The van der Waals surface area contributed by atoms with Crippen LogP contribution in [0.4, 0.5) is 0 Å². The molecule has 0 fully saturated rings. The van der Waals surface area contributed by atoms with Gasteiger partial charge in [-0.15, -0.1) is 0 Å². The fraction of sp³-hybridized carbons (Fsp3) is 0.100. The summed E-state index contributed by atoms with van der Waals surface area (Å²) in [5, 5.41) is 10.0. The van der Waals surface area contributed by atoms with Crippen LogP contribution in [-0.2, 0) is 0 Å². The molecule has 2 aromatic rings. The van der Waals surface area contributed by atoms with Gasteiger partial charge < -0.3 is 5.11 Å². The molecular formula is C10H9OS2+. The van der Waals surface area contributed by atoms with Gasteiger partial charge in [-0.3, -0.25) is 0 Å². The molecule has 2 rings (SSSR count). The van der Waals surface area contributed by atoms with E-state index >= 15 is 0 Å². The molecule has 0 aliphatic carbocycles. The lowest BCUT2D eigenvalue weighted by atomic mass is 10.2. The largest absolute Gasteiger partial charge is 0.481 e. The second-order valence-electron chi connectivity index (χ2n) is 2.70. The molecule has 1 heterocycles. The normalized spacial score (nSPS) is 10.2. The third-order valence-corrected chi connectivity index (χ3v) is 3.95. The number of hydrogen-bond acceptors (Lipinski definition) is 2. The van der Waals surface area contributed by atoms with E-state index in [-0.39, 0.29) is 0 Å². The summed E-state index contributed by atoms with van der Waals surface area (Å²) >= 11 is 3.07. The quantitative estimate of drug-likeness (QED) is 0.709. The number of hydrogen-bond donors (Lipinski definition) is 1. The molecule has 0 aliphatic heterocycles. The van der Waals surface area contributed by atoms with Crippen LogP contribution in [0.2, 0.25) is 0 Å². The van der Waals surface area contributed by atoms with Crippen molar-refractivity contribution >= 4 is 22.7 Å². The van der Waals surface area contributed by atoms with Gasteiger partial charge in [0.1, 0.15) is 11.3 Å². The average Bonchev–Trinajstić information content (AvgIpc) is 2.47. The summed E-state index contributed by atoms with van der Waals surface area (Å²) in [4.78, 5) is 0.975. The van der Waals surface area contributed by atoms with Crippen LogP contribution in [0, 0.1) is 6.92 Å². The van der Waals surface area contributed by atoms with Crippen LogP contribution in [0.3, 0.4) is 0 Å². The summed E-state index contributed by atoms with van der Waals surface area (Å²) in [6, 6.07) is 9.96. The molecule has 1 nitrogen and oxygen atoms in total. The van der Waals surface area contributed by atoms with Crippen LogP contribution >= 0.6 is 22.7 Å². The molecule has 1 aromatic carbocycles. The molecule has 13 heavy (non-hydrogen) atoms. The summed E-state index contributed by atoms with van der Waals surface area (Å²) in [6.45, 7) is 2.02. The Kier molecular flexibility index (Phi) is 2.29. The molecule has 0 unspecified atom stereocenters. The van der Waals surface area contributed by atoms with Gasteiger partial charge in [-0.05, 0) is 0 Å². The molecule has 1 N–H and O–H groups in total. The number of benzene rings is 1. The molecule has 0 radical (unpaired) electrons. The molecule has 66 valence electrons. The lowest BCUT2D eigenvalue weighted by Gasteiger charge is -1.89. The van der Waals surface area contributed by atoms with E-state index in [1.165, 1.54) is 15.5 Å². The van der Waals surface area contributed by atoms with Gasteiger partial charge in [-0.1, -0.05) is 30.3 Å². The molecule has 0 bridgehead atoms. The molecule has 0 atom stereocenters. The van der Waals surface area contributed by atoms with Gasteiger partial charge in [-0.2, -0.15) is 0 Å². The monoisotopic (exact) mass is 209 g/mol. The first kappa shape index (κ1) is 8.66. The third kappa shape index (κ3) is 1.71. The smallest absolute Gasteiger partial charge is 0.319 e. The Morgan fingerprint density at radius 3 is 2.46 bits per heavy atom. The number of aryl methyl sites for hydroxylation is 1. The zero-order valence-corrected chi connectivity index (χ0v) is 8.78. The van der Waals surface area contributed by atoms with Crippen LogP contribution in [0.15, 0.2) is 30.3 Å². The summed E-state index contributed by atoms with van der Waals surface area (Å²) in [5.74, 6) is 0. The van der Waals surface area contributed by atoms with Gasteiger partial charge in [0.05, 0.1) is 11.3 Å². The lowest BCUT2D eigenvalue weighted by molar-refractivity contribution is 0.493.